The first-order valence-electron chi connectivity index (χ1n) is 12.9. The lowest BCUT2D eigenvalue weighted by molar-refractivity contribution is 0.0376. The molecule has 12 nitrogen and oxygen atoms in total. The number of carbonyl (C=O) groups is 1. The van der Waals surface area contributed by atoms with E-state index in [2.05, 4.69) is 30.2 Å². The molecule has 200 valence electrons. The number of anilines is 2. The van der Waals surface area contributed by atoms with Crippen LogP contribution in [0.25, 0.3) is 11.3 Å². The van der Waals surface area contributed by atoms with Crippen molar-refractivity contribution >= 4 is 17.9 Å². The number of nitrogen functional groups attached to an aromatic ring is 1. The fourth-order valence-corrected chi connectivity index (χ4v) is 4.78. The van der Waals surface area contributed by atoms with E-state index in [4.69, 9.17) is 15.2 Å². The third-order valence-corrected chi connectivity index (χ3v) is 7.17. The highest BCUT2D eigenvalue weighted by molar-refractivity contribution is 5.74. The number of nitrogens with one attached hydrogen (secondary N) is 1. The van der Waals surface area contributed by atoms with Crippen LogP contribution in [0.5, 0.6) is 5.88 Å². The molecule has 0 radical (unpaired) electrons. The minimum Gasteiger partial charge on any atom is -0.472 e. The van der Waals surface area contributed by atoms with Gasteiger partial charge in [0, 0.05) is 70.1 Å². The smallest absolute Gasteiger partial charge is 0.317 e. The molecule has 3 fully saturated rings. The molecule has 0 spiro atoms. The van der Waals surface area contributed by atoms with Crippen LogP contribution in [0.15, 0.2) is 12.4 Å². The number of likely N-dealkylation sites (tertiary alicyclic amines) is 1. The summed E-state index contributed by atoms with van der Waals surface area (Å²) in [5, 5.41) is 2.99. The SMILES string of the molecule is CN(C(=O)NCCN1CCCC1)[C@H]1C[C@H](Oc2nc(N3CCOCC3)nc(-c3cnc(N)nc3)c2F)C1. The van der Waals surface area contributed by atoms with Gasteiger partial charge >= 0.3 is 6.03 Å². The second kappa shape index (κ2) is 11.4. The predicted molar refractivity (Wildman–Crippen MR) is 135 cm³/mol. The molecule has 0 atom stereocenters. The van der Waals surface area contributed by atoms with Gasteiger partial charge in [-0.25, -0.2) is 19.7 Å². The number of hydrogen-bond donors (Lipinski definition) is 2. The van der Waals surface area contributed by atoms with Gasteiger partial charge in [-0.1, -0.05) is 0 Å². The minimum absolute atomic E-state index is 0.0189. The summed E-state index contributed by atoms with van der Waals surface area (Å²) >= 11 is 0. The van der Waals surface area contributed by atoms with Gasteiger partial charge in [-0.2, -0.15) is 9.37 Å². The van der Waals surface area contributed by atoms with E-state index in [1.54, 1.807) is 11.9 Å². The quantitative estimate of drug-likeness (QED) is 0.527. The van der Waals surface area contributed by atoms with E-state index in [0.717, 1.165) is 19.6 Å². The van der Waals surface area contributed by atoms with Gasteiger partial charge in [0.15, 0.2) is 0 Å². The molecule has 37 heavy (non-hydrogen) atoms. The second-order valence-electron chi connectivity index (χ2n) is 9.68. The van der Waals surface area contributed by atoms with Gasteiger partial charge in [0.2, 0.25) is 17.7 Å². The van der Waals surface area contributed by atoms with Crippen molar-refractivity contribution in [3.8, 4) is 17.1 Å². The standard InChI is InChI=1S/C24H34FN9O3/c1-32(24(35)27-4-7-33-5-2-3-6-33)17-12-18(13-17)37-21-19(25)20(16-14-28-22(26)29-15-16)30-23(31-21)34-8-10-36-11-9-34/h14-15,17-18H,2-13H2,1H3,(H,27,35)(H2,26,28,29)/t17-,18-. The molecule has 4 heterocycles. The molecule has 2 aromatic heterocycles. The number of amides is 2. The molecular formula is C24H34FN9O3. The molecule has 2 saturated heterocycles. The molecule has 5 rings (SSSR count). The van der Waals surface area contributed by atoms with Gasteiger partial charge in [-0.15, -0.1) is 0 Å². The Kier molecular flexibility index (Phi) is 7.79. The van der Waals surface area contributed by atoms with Crippen molar-refractivity contribution in [1.82, 2.24) is 35.1 Å². The van der Waals surface area contributed by atoms with Crippen LogP contribution in [0, 0.1) is 5.82 Å². The zero-order chi connectivity index (χ0) is 25.8. The van der Waals surface area contributed by atoms with E-state index in [9.17, 15) is 4.79 Å². The molecule has 0 bridgehead atoms. The maximum Gasteiger partial charge on any atom is 0.317 e. The highest BCUT2D eigenvalue weighted by atomic mass is 19.1. The zero-order valence-electron chi connectivity index (χ0n) is 21.1. The van der Waals surface area contributed by atoms with Crippen molar-refractivity contribution in [2.45, 2.75) is 37.8 Å². The summed E-state index contributed by atoms with van der Waals surface area (Å²) in [4.78, 5) is 35.3. The number of nitrogens with two attached hydrogens (primary N) is 1. The molecule has 1 aliphatic carbocycles. The van der Waals surface area contributed by atoms with Crippen LogP contribution in [0.2, 0.25) is 0 Å². The van der Waals surface area contributed by atoms with Crippen LogP contribution in [-0.4, -0.2) is 107 Å². The molecule has 0 aromatic carbocycles. The molecule has 1 saturated carbocycles. The van der Waals surface area contributed by atoms with Gasteiger partial charge in [-0.3, -0.25) is 0 Å². The van der Waals surface area contributed by atoms with E-state index in [1.807, 2.05) is 4.90 Å². The van der Waals surface area contributed by atoms with Gasteiger partial charge in [-0.05, 0) is 25.9 Å². The van der Waals surface area contributed by atoms with Gasteiger partial charge in [0.25, 0.3) is 5.88 Å². The lowest BCUT2D eigenvalue weighted by atomic mass is 9.88. The van der Waals surface area contributed by atoms with Crippen LogP contribution < -0.4 is 20.7 Å². The van der Waals surface area contributed by atoms with Crippen LogP contribution >= 0.6 is 0 Å². The van der Waals surface area contributed by atoms with Crippen molar-refractivity contribution in [1.29, 1.82) is 0 Å². The average Bonchev–Trinajstić information content (AvgIpc) is 3.41. The van der Waals surface area contributed by atoms with Crippen molar-refractivity contribution in [2.24, 2.45) is 0 Å². The maximum absolute atomic E-state index is 15.5. The van der Waals surface area contributed by atoms with E-state index in [1.165, 1.54) is 25.2 Å². The van der Waals surface area contributed by atoms with E-state index in [0.29, 0.717) is 57.2 Å². The number of aromatic nitrogens is 4. The summed E-state index contributed by atoms with van der Waals surface area (Å²) in [5.41, 5.74) is 6.03. The molecule has 3 N–H and O–H groups in total. The summed E-state index contributed by atoms with van der Waals surface area (Å²) in [6, 6.07) is -0.0820. The van der Waals surface area contributed by atoms with E-state index >= 15 is 4.39 Å². The van der Waals surface area contributed by atoms with Crippen LogP contribution in [0.3, 0.4) is 0 Å². The molecule has 3 aliphatic rings. The van der Waals surface area contributed by atoms with Crippen molar-refractivity contribution < 1.29 is 18.7 Å². The topological polar surface area (TPSA) is 135 Å². The zero-order valence-corrected chi connectivity index (χ0v) is 21.1. The number of halogens is 1. The second-order valence-corrected chi connectivity index (χ2v) is 9.68. The molecular weight excluding hydrogens is 481 g/mol. The van der Waals surface area contributed by atoms with Crippen LogP contribution in [-0.2, 0) is 4.74 Å². The number of urea groups is 1. The first-order valence-corrected chi connectivity index (χ1v) is 12.9. The fourth-order valence-electron chi connectivity index (χ4n) is 4.78. The summed E-state index contributed by atoms with van der Waals surface area (Å²) in [6.07, 6.45) is 6.23. The minimum atomic E-state index is -0.679. The number of hydrogen-bond acceptors (Lipinski definition) is 10. The number of ether oxygens (including phenoxy) is 2. The molecule has 2 aromatic rings. The predicted octanol–water partition coefficient (Wildman–Crippen LogP) is 1.14. The first-order chi connectivity index (χ1) is 18.0. The molecule has 2 amide bonds. The van der Waals surface area contributed by atoms with Gasteiger partial charge in [0.1, 0.15) is 11.8 Å². The Balaban J connectivity index is 1.22. The van der Waals surface area contributed by atoms with E-state index < -0.39 is 5.82 Å². The third-order valence-electron chi connectivity index (χ3n) is 7.17. The van der Waals surface area contributed by atoms with Gasteiger partial charge < -0.3 is 35.2 Å². The summed E-state index contributed by atoms with van der Waals surface area (Å²) < 4.78 is 26.9. The average molecular weight is 516 g/mol. The number of rotatable bonds is 8. The lowest BCUT2D eigenvalue weighted by Crippen LogP contribution is -2.53. The Morgan fingerprint density at radius 3 is 2.59 bits per heavy atom. The molecule has 2 aliphatic heterocycles. The maximum atomic E-state index is 15.5. The van der Waals surface area contributed by atoms with Crippen LogP contribution in [0.1, 0.15) is 25.7 Å². The van der Waals surface area contributed by atoms with Gasteiger partial charge in [0.05, 0.1) is 13.2 Å². The van der Waals surface area contributed by atoms with E-state index in [-0.39, 0.29) is 35.7 Å². The Bertz CT molecular complexity index is 1070. The Labute approximate surface area is 215 Å². The monoisotopic (exact) mass is 515 g/mol. The number of carbonyl (C=O) groups excluding carboxylic acids is 1. The summed E-state index contributed by atoms with van der Waals surface area (Å²) in [5.74, 6) is -0.351. The third kappa shape index (κ3) is 5.99. The Morgan fingerprint density at radius 2 is 1.89 bits per heavy atom. The van der Waals surface area contributed by atoms with Crippen molar-refractivity contribution in [2.75, 3.05) is 70.2 Å². The Hall–Kier alpha value is -3.32. The highest BCUT2D eigenvalue weighted by Crippen LogP contribution is 2.33. The summed E-state index contributed by atoms with van der Waals surface area (Å²) in [6.45, 7) is 5.96. The largest absolute Gasteiger partial charge is 0.472 e. The highest BCUT2D eigenvalue weighted by Gasteiger charge is 2.37. The van der Waals surface area contributed by atoms with Crippen LogP contribution in [0.4, 0.5) is 21.1 Å². The Morgan fingerprint density at radius 1 is 1.19 bits per heavy atom. The lowest BCUT2D eigenvalue weighted by Gasteiger charge is -2.40. The molecule has 0 unspecified atom stereocenters. The summed E-state index contributed by atoms with van der Waals surface area (Å²) in [7, 11) is 1.78. The van der Waals surface area contributed by atoms with Crippen molar-refractivity contribution in [3.63, 3.8) is 0 Å². The van der Waals surface area contributed by atoms with Crippen molar-refractivity contribution in [3.05, 3.63) is 18.2 Å². The fraction of sp³-hybridized carbons (Fsp3) is 0.625. The molecule has 13 heteroatoms. The number of nitrogens with zero attached hydrogens (tertiary/aromatic N) is 7. The first kappa shape index (κ1) is 25.3. The number of morpholine rings is 1. The normalized spacial score (nSPS) is 21.9.